The van der Waals surface area contributed by atoms with Gasteiger partial charge in [0.1, 0.15) is 0 Å². The number of aryl methyl sites for hydroxylation is 1. The third-order valence-corrected chi connectivity index (χ3v) is 3.88. The van der Waals surface area contributed by atoms with Crippen molar-refractivity contribution < 1.29 is 9.59 Å². The Morgan fingerprint density at radius 1 is 1.23 bits per heavy atom. The van der Waals surface area contributed by atoms with E-state index in [0.29, 0.717) is 24.0 Å². The minimum Gasteiger partial charge on any atom is -0.350 e. The van der Waals surface area contributed by atoms with Gasteiger partial charge < -0.3 is 10.2 Å². The number of rotatable bonds is 6. The first-order valence-electron chi connectivity index (χ1n) is 8.75. The van der Waals surface area contributed by atoms with E-state index in [0.717, 1.165) is 0 Å². The van der Waals surface area contributed by atoms with Gasteiger partial charge in [-0.3, -0.25) is 19.1 Å². The molecule has 0 unspecified atom stereocenters. The number of amides is 2. The first kappa shape index (κ1) is 19.6. The number of likely N-dealkylation sites (N-methyl/N-ethyl adjacent to an activating group) is 1. The highest BCUT2D eigenvalue weighted by Crippen LogP contribution is 2.09. The Morgan fingerprint density at radius 2 is 1.92 bits per heavy atom. The summed E-state index contributed by atoms with van der Waals surface area (Å²) in [5, 5.41) is 7.56. The number of benzene rings is 1. The van der Waals surface area contributed by atoms with Gasteiger partial charge in [0.25, 0.3) is 0 Å². The molecule has 0 spiro atoms. The third kappa shape index (κ3) is 5.15. The number of hydrogen-bond donors (Lipinski definition) is 1. The molecule has 1 aromatic carbocycles. The Hall–Kier alpha value is -2.70. The zero-order valence-electron chi connectivity index (χ0n) is 15.8. The van der Waals surface area contributed by atoms with Crippen LogP contribution in [0.3, 0.4) is 0 Å². The molecule has 1 N–H and O–H groups in total. The molecule has 0 aliphatic heterocycles. The summed E-state index contributed by atoms with van der Waals surface area (Å²) in [6.45, 7) is 8.37. The van der Waals surface area contributed by atoms with E-state index in [1.807, 2.05) is 39.8 Å². The molecule has 0 radical (unpaired) electrons. The summed E-state index contributed by atoms with van der Waals surface area (Å²) < 4.78 is 1.65. The van der Waals surface area contributed by atoms with Crippen LogP contribution in [-0.2, 0) is 16.1 Å². The lowest BCUT2D eigenvalue weighted by molar-refractivity contribution is -0.136. The predicted octanol–water partition coefficient (Wildman–Crippen LogP) is 1.55. The summed E-state index contributed by atoms with van der Waals surface area (Å²) in [6.07, 6.45) is 1.47. The highest BCUT2D eigenvalue weighted by molar-refractivity contribution is 5.85. The molecule has 0 saturated carbocycles. The van der Waals surface area contributed by atoms with Crippen molar-refractivity contribution in [2.75, 3.05) is 13.1 Å². The van der Waals surface area contributed by atoms with E-state index >= 15 is 0 Å². The maximum atomic E-state index is 12.5. The molecule has 2 aromatic rings. The van der Waals surface area contributed by atoms with Crippen molar-refractivity contribution in [3.8, 4) is 0 Å². The van der Waals surface area contributed by atoms with E-state index in [1.165, 1.54) is 11.1 Å². The second kappa shape index (κ2) is 8.12. The molecule has 26 heavy (non-hydrogen) atoms. The van der Waals surface area contributed by atoms with Crippen molar-refractivity contribution in [2.24, 2.45) is 0 Å². The highest BCUT2D eigenvalue weighted by atomic mass is 16.2. The number of carbonyl (C=O) groups is 2. The molecule has 0 saturated heterocycles. The van der Waals surface area contributed by atoms with Crippen LogP contribution in [-0.4, -0.2) is 45.1 Å². The SMILES string of the molecule is CCN(CC(=O)NC(C)(C)C)C(=O)CCn1ncc(=O)c2ccccc21. The summed E-state index contributed by atoms with van der Waals surface area (Å²) in [6, 6.07) is 7.18. The molecule has 7 heteroatoms. The topological polar surface area (TPSA) is 84.3 Å². The molecule has 1 heterocycles. The van der Waals surface area contributed by atoms with Gasteiger partial charge >= 0.3 is 0 Å². The molecule has 0 aliphatic rings. The lowest BCUT2D eigenvalue weighted by Crippen LogP contribution is -2.47. The van der Waals surface area contributed by atoms with E-state index in [-0.39, 0.29) is 35.7 Å². The zero-order chi connectivity index (χ0) is 19.3. The second-order valence-electron chi connectivity index (χ2n) is 7.21. The largest absolute Gasteiger partial charge is 0.350 e. The molecule has 0 atom stereocenters. The number of nitrogens with zero attached hydrogens (tertiary/aromatic N) is 3. The molecular weight excluding hydrogens is 332 g/mol. The van der Waals surface area contributed by atoms with Gasteiger partial charge in [-0.25, -0.2) is 0 Å². The van der Waals surface area contributed by atoms with E-state index < -0.39 is 0 Å². The Morgan fingerprint density at radius 3 is 2.58 bits per heavy atom. The van der Waals surface area contributed by atoms with Crippen LogP contribution in [0.2, 0.25) is 0 Å². The first-order chi connectivity index (χ1) is 12.2. The van der Waals surface area contributed by atoms with E-state index in [2.05, 4.69) is 10.4 Å². The average Bonchev–Trinajstić information content (AvgIpc) is 2.57. The van der Waals surface area contributed by atoms with E-state index in [4.69, 9.17) is 0 Å². The maximum absolute atomic E-state index is 12.5. The van der Waals surface area contributed by atoms with Crippen molar-refractivity contribution in [1.82, 2.24) is 20.0 Å². The number of carbonyl (C=O) groups excluding carboxylic acids is 2. The molecule has 140 valence electrons. The fraction of sp³-hybridized carbons (Fsp3) is 0.474. The second-order valence-corrected chi connectivity index (χ2v) is 7.21. The van der Waals surface area contributed by atoms with Crippen molar-refractivity contribution in [3.63, 3.8) is 0 Å². The number of nitrogens with one attached hydrogen (secondary N) is 1. The zero-order valence-corrected chi connectivity index (χ0v) is 15.8. The quantitative estimate of drug-likeness (QED) is 0.849. The lowest BCUT2D eigenvalue weighted by Gasteiger charge is -2.25. The molecule has 0 bridgehead atoms. The van der Waals surface area contributed by atoms with Crippen LogP contribution in [0.1, 0.15) is 34.1 Å². The van der Waals surface area contributed by atoms with Gasteiger partial charge in [-0.2, -0.15) is 5.10 Å². The fourth-order valence-corrected chi connectivity index (χ4v) is 2.71. The van der Waals surface area contributed by atoms with Gasteiger partial charge in [0.05, 0.1) is 24.8 Å². The van der Waals surface area contributed by atoms with Crippen molar-refractivity contribution >= 4 is 22.7 Å². The molecule has 1 aromatic heterocycles. The van der Waals surface area contributed by atoms with Gasteiger partial charge in [-0.15, -0.1) is 0 Å². The number of para-hydroxylation sites is 1. The van der Waals surface area contributed by atoms with Gasteiger partial charge in [-0.1, -0.05) is 12.1 Å². The number of aromatic nitrogens is 2. The van der Waals surface area contributed by atoms with Crippen LogP contribution in [0.4, 0.5) is 0 Å². The highest BCUT2D eigenvalue weighted by Gasteiger charge is 2.19. The maximum Gasteiger partial charge on any atom is 0.240 e. The number of fused-ring (bicyclic) bond motifs is 1. The van der Waals surface area contributed by atoms with E-state index in [9.17, 15) is 14.4 Å². The summed E-state index contributed by atoms with van der Waals surface area (Å²) in [7, 11) is 0. The van der Waals surface area contributed by atoms with Crippen molar-refractivity contribution in [3.05, 3.63) is 40.7 Å². The van der Waals surface area contributed by atoms with Crippen LogP contribution in [0.15, 0.2) is 35.3 Å². The monoisotopic (exact) mass is 358 g/mol. The minimum atomic E-state index is -0.335. The van der Waals surface area contributed by atoms with Crippen LogP contribution >= 0.6 is 0 Å². The van der Waals surface area contributed by atoms with Gasteiger partial charge in [0.15, 0.2) is 0 Å². The third-order valence-electron chi connectivity index (χ3n) is 3.88. The molecule has 0 aliphatic carbocycles. The average molecular weight is 358 g/mol. The Labute approximate surface area is 153 Å². The predicted molar refractivity (Wildman–Crippen MR) is 101 cm³/mol. The molecule has 2 amide bonds. The first-order valence-corrected chi connectivity index (χ1v) is 8.75. The van der Waals surface area contributed by atoms with E-state index in [1.54, 1.807) is 16.8 Å². The molecule has 0 fully saturated rings. The standard InChI is InChI=1S/C19H26N4O3/c1-5-22(13-17(25)21-19(2,3)4)18(26)10-11-23-15-9-7-6-8-14(15)16(24)12-20-23/h6-9,12H,5,10-11,13H2,1-4H3,(H,21,25). The van der Waals surface area contributed by atoms with Gasteiger partial charge in [0, 0.05) is 23.9 Å². The van der Waals surface area contributed by atoms with Gasteiger partial charge in [0.2, 0.25) is 17.2 Å². The normalized spacial score (nSPS) is 11.4. The van der Waals surface area contributed by atoms with Crippen molar-refractivity contribution in [1.29, 1.82) is 0 Å². The van der Waals surface area contributed by atoms with Crippen LogP contribution in [0.25, 0.3) is 10.9 Å². The molecule has 2 rings (SSSR count). The van der Waals surface area contributed by atoms with Crippen LogP contribution in [0.5, 0.6) is 0 Å². The van der Waals surface area contributed by atoms with Crippen molar-refractivity contribution in [2.45, 2.75) is 46.2 Å². The minimum absolute atomic E-state index is 0.0327. The summed E-state index contributed by atoms with van der Waals surface area (Å²) in [5.74, 6) is -0.305. The summed E-state index contributed by atoms with van der Waals surface area (Å²) in [5.41, 5.74) is 0.219. The molecular formula is C19H26N4O3. The summed E-state index contributed by atoms with van der Waals surface area (Å²) >= 11 is 0. The number of hydrogen-bond acceptors (Lipinski definition) is 4. The van der Waals surface area contributed by atoms with Gasteiger partial charge in [-0.05, 0) is 39.8 Å². The Bertz CT molecular complexity index is 852. The summed E-state index contributed by atoms with van der Waals surface area (Å²) in [4.78, 5) is 37.9. The smallest absolute Gasteiger partial charge is 0.240 e. The Kier molecular flexibility index (Phi) is 6.13. The van der Waals surface area contributed by atoms with Crippen LogP contribution in [0, 0.1) is 0 Å². The fourth-order valence-electron chi connectivity index (χ4n) is 2.71. The Balaban J connectivity index is 2.04. The molecule has 7 nitrogen and oxygen atoms in total. The van der Waals surface area contributed by atoms with Crippen LogP contribution < -0.4 is 10.7 Å². The lowest BCUT2D eigenvalue weighted by atomic mass is 10.1.